The number of hydrogen-bond donors (Lipinski definition) is 1. The second-order valence-corrected chi connectivity index (χ2v) is 7.23. The van der Waals surface area contributed by atoms with Gasteiger partial charge in [0, 0.05) is 44.4 Å². The maximum Gasteiger partial charge on any atom is 0.407 e. The van der Waals surface area contributed by atoms with E-state index in [1.807, 2.05) is 22.7 Å². The molecule has 0 saturated carbocycles. The van der Waals surface area contributed by atoms with Crippen LogP contribution in [0.4, 0.5) is 10.6 Å². The van der Waals surface area contributed by atoms with Crippen molar-refractivity contribution < 1.29 is 9.90 Å². The van der Waals surface area contributed by atoms with Crippen molar-refractivity contribution in [3.8, 4) is 11.8 Å². The van der Waals surface area contributed by atoms with Crippen molar-refractivity contribution in [2.45, 2.75) is 19.3 Å². The zero-order valence-electron chi connectivity index (χ0n) is 15.9. The van der Waals surface area contributed by atoms with E-state index in [2.05, 4.69) is 26.8 Å². The summed E-state index contributed by atoms with van der Waals surface area (Å²) < 4.78 is 1.87. The summed E-state index contributed by atoms with van der Waals surface area (Å²) in [6.45, 7) is 2.88. The second-order valence-electron chi connectivity index (χ2n) is 7.23. The Balaban J connectivity index is 1.61. The highest BCUT2D eigenvalue weighted by Gasteiger charge is 2.28. The van der Waals surface area contributed by atoms with Crippen molar-refractivity contribution in [2.24, 2.45) is 0 Å². The molecule has 0 aromatic carbocycles. The first-order chi connectivity index (χ1) is 14.2. The number of carbonyl (C=O) groups is 1. The maximum absolute atomic E-state index is 11.5. The minimum atomic E-state index is -0.880. The van der Waals surface area contributed by atoms with Crippen molar-refractivity contribution in [1.82, 2.24) is 24.5 Å². The van der Waals surface area contributed by atoms with Crippen molar-refractivity contribution in [3.05, 3.63) is 53.1 Å². The predicted molar refractivity (Wildman–Crippen MR) is 107 cm³/mol. The summed E-state index contributed by atoms with van der Waals surface area (Å²) >= 11 is 0. The molecule has 2 aliphatic heterocycles. The zero-order valence-corrected chi connectivity index (χ0v) is 15.9. The van der Waals surface area contributed by atoms with Gasteiger partial charge >= 0.3 is 6.09 Å². The van der Waals surface area contributed by atoms with Gasteiger partial charge in [-0.2, -0.15) is 9.61 Å². The maximum atomic E-state index is 11.5. The molecule has 146 valence electrons. The lowest BCUT2D eigenvalue weighted by atomic mass is 10.1. The molecule has 0 unspecified atom stereocenters. The van der Waals surface area contributed by atoms with Gasteiger partial charge in [0.05, 0.1) is 17.5 Å². The van der Waals surface area contributed by atoms with Crippen LogP contribution >= 0.6 is 0 Å². The van der Waals surface area contributed by atoms with Crippen LogP contribution in [0.5, 0.6) is 0 Å². The van der Waals surface area contributed by atoms with Crippen LogP contribution in [0, 0.1) is 11.8 Å². The molecule has 1 saturated heterocycles. The van der Waals surface area contributed by atoms with Gasteiger partial charge in [0.15, 0.2) is 5.65 Å². The third kappa shape index (κ3) is 3.14. The van der Waals surface area contributed by atoms with E-state index in [-0.39, 0.29) is 0 Å². The van der Waals surface area contributed by atoms with Crippen molar-refractivity contribution in [1.29, 1.82) is 0 Å². The number of pyridine rings is 1. The fourth-order valence-corrected chi connectivity index (χ4v) is 3.82. The Morgan fingerprint density at radius 1 is 1.10 bits per heavy atom. The highest BCUT2D eigenvalue weighted by Crippen LogP contribution is 2.31. The van der Waals surface area contributed by atoms with E-state index >= 15 is 0 Å². The minimum Gasteiger partial charge on any atom is -0.465 e. The molecule has 1 amide bonds. The van der Waals surface area contributed by atoms with Crippen LogP contribution in [0.1, 0.15) is 28.9 Å². The van der Waals surface area contributed by atoms with Crippen LogP contribution < -0.4 is 4.90 Å². The topological polar surface area (TPSA) is 86.9 Å². The monoisotopic (exact) mass is 388 g/mol. The summed E-state index contributed by atoms with van der Waals surface area (Å²) in [7, 11) is 0. The molecule has 0 atom stereocenters. The van der Waals surface area contributed by atoms with Gasteiger partial charge in [-0.05, 0) is 30.9 Å². The van der Waals surface area contributed by atoms with Crippen LogP contribution in [0.15, 0.2) is 30.6 Å². The van der Waals surface area contributed by atoms with Gasteiger partial charge < -0.3 is 14.9 Å². The lowest BCUT2D eigenvalue weighted by molar-refractivity contribution is 0.147. The quantitative estimate of drug-likeness (QED) is 0.640. The van der Waals surface area contributed by atoms with Gasteiger partial charge in [0.25, 0.3) is 0 Å². The number of amides is 1. The first-order valence-corrected chi connectivity index (χ1v) is 9.76. The Labute approximate surface area is 167 Å². The molecule has 0 radical (unpaired) electrons. The predicted octanol–water partition coefficient (Wildman–Crippen LogP) is 1.81. The number of carboxylic acid groups (broad SMARTS) is 1. The Kier molecular flexibility index (Phi) is 4.28. The van der Waals surface area contributed by atoms with Crippen molar-refractivity contribution in [3.63, 3.8) is 0 Å². The van der Waals surface area contributed by atoms with E-state index in [1.54, 1.807) is 12.4 Å². The van der Waals surface area contributed by atoms with Gasteiger partial charge in [-0.25, -0.2) is 14.8 Å². The van der Waals surface area contributed by atoms with E-state index in [4.69, 9.17) is 4.98 Å². The molecule has 0 bridgehead atoms. The van der Waals surface area contributed by atoms with E-state index < -0.39 is 6.09 Å². The normalized spacial score (nSPS) is 15.9. The summed E-state index contributed by atoms with van der Waals surface area (Å²) in [5, 5.41) is 14.0. The number of anilines is 1. The first kappa shape index (κ1) is 17.5. The molecular weight excluding hydrogens is 368 g/mol. The zero-order chi connectivity index (χ0) is 19.8. The average Bonchev–Trinajstić information content (AvgIpc) is 2.95. The molecule has 0 aliphatic carbocycles. The summed E-state index contributed by atoms with van der Waals surface area (Å²) in [6.07, 6.45) is 4.98. The Bertz CT molecular complexity index is 1140. The third-order valence-corrected chi connectivity index (χ3v) is 5.47. The van der Waals surface area contributed by atoms with Gasteiger partial charge in [-0.3, -0.25) is 0 Å². The molecule has 1 fully saturated rings. The molecular formula is C21H20N6O2. The number of rotatable bonds is 1. The van der Waals surface area contributed by atoms with E-state index in [0.717, 1.165) is 47.8 Å². The number of hydrogen-bond acceptors (Lipinski definition) is 5. The van der Waals surface area contributed by atoms with Gasteiger partial charge in [0.1, 0.15) is 11.5 Å². The lowest BCUT2D eigenvalue weighted by Crippen LogP contribution is -2.39. The van der Waals surface area contributed by atoms with E-state index in [1.165, 1.54) is 4.90 Å². The fourth-order valence-electron chi connectivity index (χ4n) is 3.82. The second kappa shape index (κ2) is 7.09. The van der Waals surface area contributed by atoms with Crippen LogP contribution in [0.3, 0.4) is 0 Å². The SMILES string of the molecule is O=C(O)N1CCc2nc3c(C#Cc4ccccn4)cnn3c(N3CCC3)c2CC1. The van der Waals surface area contributed by atoms with E-state index in [0.29, 0.717) is 31.6 Å². The third-order valence-electron chi connectivity index (χ3n) is 5.47. The molecule has 8 heteroatoms. The summed E-state index contributed by atoms with van der Waals surface area (Å²) in [5.41, 5.74) is 4.22. The highest BCUT2D eigenvalue weighted by atomic mass is 16.4. The number of fused-ring (bicyclic) bond motifs is 2. The molecule has 0 spiro atoms. The molecule has 2 aliphatic rings. The Hall–Kier alpha value is -3.60. The largest absolute Gasteiger partial charge is 0.465 e. The molecule has 3 aromatic heterocycles. The van der Waals surface area contributed by atoms with Gasteiger partial charge in [-0.1, -0.05) is 12.0 Å². The first-order valence-electron chi connectivity index (χ1n) is 9.76. The Morgan fingerprint density at radius 2 is 1.97 bits per heavy atom. The summed E-state index contributed by atoms with van der Waals surface area (Å²) in [4.78, 5) is 24.3. The van der Waals surface area contributed by atoms with E-state index in [9.17, 15) is 9.90 Å². The van der Waals surface area contributed by atoms with Crippen molar-refractivity contribution >= 4 is 17.6 Å². The standard InChI is InChI=1S/C21H20N6O2/c28-21(29)26-12-7-17-18(8-13-26)24-19-15(5-6-16-4-1-2-9-22-16)14-23-27(19)20(17)25-10-3-11-25/h1-2,4,9,14H,3,7-8,10-13H2,(H,28,29). The highest BCUT2D eigenvalue weighted by molar-refractivity contribution is 5.67. The molecule has 8 nitrogen and oxygen atoms in total. The molecule has 29 heavy (non-hydrogen) atoms. The smallest absolute Gasteiger partial charge is 0.407 e. The van der Waals surface area contributed by atoms with Crippen LogP contribution in [-0.4, -0.2) is 61.9 Å². The van der Waals surface area contributed by atoms with Gasteiger partial charge in [0.2, 0.25) is 0 Å². The molecule has 5 heterocycles. The lowest BCUT2D eigenvalue weighted by Gasteiger charge is -2.35. The minimum absolute atomic E-state index is 0.452. The molecule has 1 N–H and O–H groups in total. The van der Waals surface area contributed by atoms with Crippen molar-refractivity contribution in [2.75, 3.05) is 31.1 Å². The molecule has 5 rings (SSSR count). The van der Waals surface area contributed by atoms with Crippen LogP contribution in [0.2, 0.25) is 0 Å². The van der Waals surface area contributed by atoms with Gasteiger partial charge in [-0.15, -0.1) is 0 Å². The Morgan fingerprint density at radius 3 is 2.69 bits per heavy atom. The average molecular weight is 388 g/mol. The fraction of sp³-hybridized carbons (Fsp3) is 0.333. The summed E-state index contributed by atoms with van der Waals surface area (Å²) in [6, 6.07) is 5.63. The van der Waals surface area contributed by atoms with Crippen LogP contribution in [-0.2, 0) is 12.8 Å². The number of aromatic nitrogens is 4. The molecule has 3 aromatic rings. The van der Waals surface area contributed by atoms with Crippen LogP contribution in [0.25, 0.3) is 5.65 Å². The summed E-state index contributed by atoms with van der Waals surface area (Å²) in [5.74, 6) is 7.27. The number of nitrogens with zero attached hydrogens (tertiary/aromatic N) is 6.